The molecule has 18 aliphatic carbocycles. The van der Waals surface area contributed by atoms with Crippen LogP contribution in [-0.2, 0) is 47.6 Å². The summed E-state index contributed by atoms with van der Waals surface area (Å²) in [7, 11) is 0. The van der Waals surface area contributed by atoms with Crippen molar-refractivity contribution in [3.05, 3.63) is 85.6 Å². The third-order valence-electron chi connectivity index (χ3n) is 21.7. The lowest BCUT2D eigenvalue weighted by atomic mass is 9.54. The van der Waals surface area contributed by atoms with E-state index >= 15 is 0 Å². The van der Waals surface area contributed by atoms with E-state index in [1.165, 1.54) is 147 Å². The van der Waals surface area contributed by atoms with Crippen molar-refractivity contribution in [2.24, 2.45) is 101 Å². The number of hydrogen-bond acceptors (Lipinski definition) is 10. The van der Waals surface area contributed by atoms with Crippen molar-refractivity contribution >= 4 is 23.7 Å². The van der Waals surface area contributed by atoms with Crippen LogP contribution in [-0.4, -0.2) is 81.1 Å². The minimum atomic E-state index is -0.358. The number of carbonyl (C=O) groups is 4. The first-order valence-electron chi connectivity index (χ1n) is 31.8. The average molecular weight is 1090 g/mol. The van der Waals surface area contributed by atoms with Gasteiger partial charge in [0.2, 0.25) is 0 Å². The third-order valence-corrected chi connectivity index (χ3v) is 21.7. The molecule has 79 heavy (non-hydrogen) atoms. The van der Waals surface area contributed by atoms with Crippen LogP contribution < -0.4 is 0 Å². The summed E-state index contributed by atoms with van der Waals surface area (Å²) >= 11 is 0. The van der Waals surface area contributed by atoms with Crippen molar-refractivity contribution in [2.45, 2.75) is 179 Å². The maximum atomic E-state index is 11.3. The highest BCUT2D eigenvalue weighted by Crippen LogP contribution is 2.58. The van der Waals surface area contributed by atoms with Gasteiger partial charge in [-0.05, 0) is 250 Å². The Morgan fingerprint density at radius 1 is 0.506 bits per heavy atom. The Kier molecular flexibility index (Phi) is 20.0. The highest BCUT2D eigenvalue weighted by molar-refractivity contribution is 5.87. The molecule has 6 atom stereocenters. The number of hydrogen-bond donors (Lipinski definition) is 0. The highest BCUT2D eigenvalue weighted by atomic mass is 16.6. The van der Waals surface area contributed by atoms with E-state index in [0.717, 1.165) is 102 Å². The van der Waals surface area contributed by atoms with Crippen LogP contribution in [0.5, 0.6) is 0 Å². The lowest BCUT2D eigenvalue weighted by molar-refractivity contribution is -0.172. The first kappa shape index (κ1) is 58.3. The van der Waals surface area contributed by atoms with Gasteiger partial charge in [0.05, 0.1) is 37.6 Å². The number of ketones is 1. The van der Waals surface area contributed by atoms with E-state index in [1.54, 1.807) is 12.5 Å². The van der Waals surface area contributed by atoms with Crippen LogP contribution in [0.2, 0.25) is 0 Å². The Hall–Kier alpha value is -3.86. The Balaban J connectivity index is 0.000000111. The number of Topliss-reactive ketones (excluding diaryl/α,β-unsaturated/α-hetero) is 1. The van der Waals surface area contributed by atoms with Crippen LogP contribution >= 0.6 is 0 Å². The van der Waals surface area contributed by atoms with Gasteiger partial charge in [-0.25, -0.2) is 14.4 Å². The van der Waals surface area contributed by atoms with Gasteiger partial charge in [0.25, 0.3) is 0 Å². The van der Waals surface area contributed by atoms with Gasteiger partial charge in [0.1, 0.15) is 25.6 Å². The summed E-state index contributed by atoms with van der Waals surface area (Å²) in [6, 6.07) is 0. The van der Waals surface area contributed by atoms with Crippen molar-refractivity contribution in [3.63, 3.8) is 0 Å². The van der Waals surface area contributed by atoms with Crippen molar-refractivity contribution in [3.8, 4) is 0 Å². The highest BCUT2D eigenvalue weighted by Gasteiger charge is 2.52. The molecule has 18 aliphatic rings. The number of esters is 3. The molecule has 0 aromatic carbocycles. The second-order valence-electron chi connectivity index (χ2n) is 27.6. The van der Waals surface area contributed by atoms with Crippen LogP contribution in [0.3, 0.4) is 0 Å². The first-order valence-corrected chi connectivity index (χ1v) is 31.8. The van der Waals surface area contributed by atoms with Crippen LogP contribution in [0.15, 0.2) is 85.6 Å². The van der Waals surface area contributed by atoms with Crippen molar-refractivity contribution in [2.75, 3.05) is 39.6 Å². The van der Waals surface area contributed by atoms with E-state index < -0.39 is 0 Å². The Morgan fingerprint density at radius 3 is 1.24 bits per heavy atom. The quantitative estimate of drug-likeness (QED) is 0.0515. The summed E-state index contributed by atoms with van der Waals surface area (Å²) in [4.78, 5) is 43.9. The summed E-state index contributed by atoms with van der Waals surface area (Å²) < 4.78 is 33.2. The van der Waals surface area contributed by atoms with Crippen LogP contribution in [0.1, 0.15) is 162 Å². The largest absolute Gasteiger partial charge is 0.460 e. The third kappa shape index (κ3) is 15.2. The topological polar surface area (TPSA) is 124 Å². The van der Waals surface area contributed by atoms with Crippen molar-refractivity contribution in [1.29, 1.82) is 0 Å². The van der Waals surface area contributed by atoms with E-state index in [9.17, 15) is 19.2 Å². The van der Waals surface area contributed by atoms with Gasteiger partial charge in [-0.3, -0.25) is 4.79 Å². The molecule has 0 N–H and O–H groups in total. The summed E-state index contributed by atoms with van der Waals surface area (Å²) in [6.07, 6.45) is 50.2. The first-order chi connectivity index (χ1) is 38.3. The van der Waals surface area contributed by atoms with Crippen molar-refractivity contribution in [1.82, 2.24) is 0 Å². The number of ether oxygens (including phenoxy) is 6. The summed E-state index contributed by atoms with van der Waals surface area (Å²) in [5.74, 6) is 13.8. The summed E-state index contributed by atoms with van der Waals surface area (Å²) in [5, 5.41) is 0. The van der Waals surface area contributed by atoms with Gasteiger partial charge in [-0.2, -0.15) is 0 Å². The molecule has 0 radical (unpaired) electrons. The van der Waals surface area contributed by atoms with Crippen molar-refractivity contribution < 1.29 is 47.6 Å². The number of carbonyl (C=O) groups excluding carboxylic acids is 4. The van der Waals surface area contributed by atoms with Gasteiger partial charge in [-0.15, -0.1) is 0 Å². The van der Waals surface area contributed by atoms with Gasteiger partial charge in [0.15, 0.2) is 0 Å². The zero-order valence-corrected chi connectivity index (χ0v) is 48.4. The van der Waals surface area contributed by atoms with Gasteiger partial charge in [-0.1, -0.05) is 67.8 Å². The molecule has 0 saturated heterocycles. The van der Waals surface area contributed by atoms with Crippen LogP contribution in [0.4, 0.5) is 0 Å². The molecule has 0 aromatic heterocycles. The minimum Gasteiger partial charge on any atom is -0.460 e. The number of fused-ring (bicyclic) bond motifs is 6. The van der Waals surface area contributed by atoms with Gasteiger partial charge >= 0.3 is 17.9 Å². The molecule has 434 valence electrons. The Bertz CT molecular complexity index is 2180. The number of rotatable bonds is 15. The average Bonchev–Trinajstić information content (AvgIpc) is 4.54. The van der Waals surface area contributed by atoms with E-state index in [2.05, 4.69) is 69.2 Å². The molecule has 0 aliphatic heterocycles. The zero-order valence-electron chi connectivity index (χ0n) is 48.4. The van der Waals surface area contributed by atoms with Crippen LogP contribution in [0, 0.1) is 101 Å². The molecule has 18 bridgehead atoms. The number of allylic oxidation sites excluding steroid dienone is 8. The van der Waals surface area contributed by atoms with Gasteiger partial charge in [0, 0.05) is 30.1 Å². The fourth-order valence-corrected chi connectivity index (χ4v) is 19.1. The van der Waals surface area contributed by atoms with E-state index in [0.29, 0.717) is 75.0 Å². The van der Waals surface area contributed by atoms with Gasteiger partial charge < -0.3 is 28.4 Å². The second-order valence-corrected chi connectivity index (χ2v) is 27.6. The standard InChI is InChI=1S/C16H24O3.2C15H22O3.C9H12.C7H8O.C7H10/c1-10(2)16(17)19-4-3-18-15-13-6-11-5-12(8-13)9-14(15)7-11;1-2-14(16)17-3-4-18-15-8-11-5-12(9-15)7-13(6-11)10-15;1-2-14(16)17-3-4-18-15-12-6-10-5-11(8-12)9-13(15)7-10;1-2-8-5-7-3-4-9(8)6-7;8-7-4-5-1-2-6(7)3-5;1-2-7-4-3-6(1)5-7/h11-15H,1,3-9H2,2H3;2,11-13H,1,3-10H2;2,10-13,15H,1,3-9H2;2-4,7,9H,5-6H2,1H3;1-2,5-6H,3-4H2;1-2,6-7H,3-5H2/b;;;8-2-;;. The maximum Gasteiger partial charge on any atom is 0.333 e. The molecule has 15 saturated carbocycles. The summed E-state index contributed by atoms with van der Waals surface area (Å²) in [5.41, 5.74) is 2.24. The summed E-state index contributed by atoms with van der Waals surface area (Å²) in [6.45, 7) is 16.8. The maximum absolute atomic E-state index is 11.3. The molecule has 0 amide bonds. The lowest BCUT2D eigenvalue weighted by Gasteiger charge is -2.56. The van der Waals surface area contributed by atoms with E-state index in [1.807, 2.05) is 0 Å². The molecule has 0 spiro atoms. The fourth-order valence-electron chi connectivity index (χ4n) is 19.1. The molecule has 10 heteroatoms. The predicted octanol–water partition coefficient (Wildman–Crippen LogP) is 13.9. The molecule has 15 fully saturated rings. The molecule has 10 nitrogen and oxygen atoms in total. The molecule has 0 aromatic rings. The minimum absolute atomic E-state index is 0.120. The molecule has 18 rings (SSSR count). The molecular formula is C69H98O10. The SMILES string of the molecule is C/C=C1/CC2C=CC1C2.C1=CC2CCC1C2.C=C(C)C(=O)OCCOC1C2CC3CC(C2)CC1C3.C=CC(=O)OCCOC12CC3CC(CC(C3)C1)C2.C=CC(=O)OCCOC1C2CC3CC(C2)CC1C3.O=C1CC2C=CC1C2. The molecule has 6 unspecified atom stereocenters. The smallest absolute Gasteiger partial charge is 0.333 e. The second kappa shape index (κ2) is 27.0. The van der Waals surface area contributed by atoms with E-state index in [-0.39, 0.29) is 23.5 Å². The lowest BCUT2D eigenvalue weighted by Crippen LogP contribution is -2.52. The van der Waals surface area contributed by atoms with Crippen LogP contribution in [0.25, 0.3) is 0 Å². The molecule has 0 heterocycles. The Morgan fingerprint density at radius 2 is 0.924 bits per heavy atom. The normalized spacial score (nSPS) is 41.2. The molecular weight excluding hydrogens is 989 g/mol. The predicted molar refractivity (Wildman–Crippen MR) is 308 cm³/mol. The zero-order chi connectivity index (χ0) is 55.0. The van der Waals surface area contributed by atoms with E-state index in [4.69, 9.17) is 28.4 Å². The Labute approximate surface area is 474 Å². The fraction of sp³-hybridized carbons (Fsp3) is 0.739. The monoisotopic (exact) mass is 1090 g/mol.